The van der Waals surface area contributed by atoms with Gasteiger partial charge in [0.15, 0.2) is 11.5 Å². The van der Waals surface area contributed by atoms with Crippen LogP contribution in [0, 0.1) is 6.92 Å². The minimum atomic E-state index is 0.127. The maximum absolute atomic E-state index is 10.4. The van der Waals surface area contributed by atoms with Gasteiger partial charge < -0.3 is 20.2 Å². The molecule has 5 rings (SSSR count). The van der Waals surface area contributed by atoms with Crippen LogP contribution in [0.5, 0.6) is 5.75 Å². The first-order valence-corrected chi connectivity index (χ1v) is 9.46. The number of benzene rings is 1. The zero-order valence-electron chi connectivity index (χ0n) is 15.6. The van der Waals surface area contributed by atoms with Crippen molar-refractivity contribution >= 4 is 28.0 Å². The number of phenolic OH excluding ortho intramolecular Hbond substituents is 1. The van der Waals surface area contributed by atoms with Crippen molar-refractivity contribution in [3.05, 3.63) is 42.3 Å². The van der Waals surface area contributed by atoms with Gasteiger partial charge in [0.2, 0.25) is 0 Å². The Morgan fingerprint density at radius 3 is 2.57 bits per heavy atom. The Morgan fingerprint density at radius 1 is 1.00 bits per heavy atom. The molecule has 7 heteroatoms. The van der Waals surface area contributed by atoms with Gasteiger partial charge in [0, 0.05) is 37.7 Å². The van der Waals surface area contributed by atoms with E-state index in [4.69, 9.17) is 20.1 Å². The van der Waals surface area contributed by atoms with Gasteiger partial charge >= 0.3 is 0 Å². The molecule has 0 unspecified atom stereocenters. The third kappa shape index (κ3) is 2.93. The highest BCUT2D eigenvalue weighted by Gasteiger charge is 2.18. The number of rotatable bonds is 2. The largest absolute Gasteiger partial charge is 0.507 e. The monoisotopic (exact) mass is 375 g/mol. The molecule has 142 valence electrons. The number of pyridine rings is 2. The highest BCUT2D eigenvalue weighted by molar-refractivity contribution is 5.86. The van der Waals surface area contributed by atoms with Gasteiger partial charge in [0.05, 0.1) is 16.7 Å². The summed E-state index contributed by atoms with van der Waals surface area (Å²) < 4.78 is 5.59. The first-order valence-electron chi connectivity index (χ1n) is 9.46. The predicted molar refractivity (Wildman–Crippen MR) is 108 cm³/mol. The number of nitrogens with two attached hydrogens (primary N) is 1. The Hall–Kier alpha value is -3.19. The summed E-state index contributed by atoms with van der Waals surface area (Å²) in [5.74, 6) is 1.64. The Morgan fingerprint density at radius 2 is 1.75 bits per heavy atom. The fourth-order valence-corrected chi connectivity index (χ4v) is 3.74. The van der Waals surface area contributed by atoms with Crippen molar-refractivity contribution in [2.45, 2.75) is 25.8 Å². The molecular formula is C21H21N5O2. The molecular weight excluding hydrogens is 354 g/mol. The lowest BCUT2D eigenvalue weighted by atomic mass is 10.1. The normalized spacial score (nSPS) is 15.6. The molecule has 0 atom stereocenters. The van der Waals surface area contributed by atoms with Crippen LogP contribution in [0.3, 0.4) is 0 Å². The molecule has 0 radical (unpaired) electrons. The van der Waals surface area contributed by atoms with E-state index in [1.54, 1.807) is 19.1 Å². The van der Waals surface area contributed by atoms with Crippen LogP contribution in [0.15, 0.2) is 40.8 Å². The van der Waals surface area contributed by atoms with Gasteiger partial charge in [-0.1, -0.05) is 0 Å². The first-order chi connectivity index (χ1) is 13.6. The van der Waals surface area contributed by atoms with Crippen molar-refractivity contribution in [2.24, 2.45) is 5.73 Å². The number of phenols is 1. The van der Waals surface area contributed by atoms with E-state index in [0.717, 1.165) is 42.8 Å². The molecule has 0 aliphatic carbocycles. The third-order valence-electron chi connectivity index (χ3n) is 5.28. The summed E-state index contributed by atoms with van der Waals surface area (Å²) in [4.78, 5) is 16.0. The lowest BCUT2D eigenvalue weighted by Crippen LogP contribution is -2.40. The van der Waals surface area contributed by atoms with E-state index < -0.39 is 0 Å². The van der Waals surface area contributed by atoms with Crippen molar-refractivity contribution in [1.29, 1.82) is 0 Å². The quantitative estimate of drug-likeness (QED) is 0.554. The summed E-state index contributed by atoms with van der Waals surface area (Å²) in [7, 11) is 0. The minimum absolute atomic E-state index is 0.127. The second kappa shape index (κ2) is 6.45. The number of aromatic hydroxyl groups is 1. The number of hydrogen-bond acceptors (Lipinski definition) is 7. The van der Waals surface area contributed by atoms with Crippen molar-refractivity contribution in [2.75, 3.05) is 18.0 Å². The lowest BCUT2D eigenvalue weighted by Gasteiger charge is -2.31. The second-order valence-electron chi connectivity index (χ2n) is 7.30. The zero-order chi connectivity index (χ0) is 19.3. The number of nitrogens with zero attached hydrogens (tertiary/aromatic N) is 4. The number of piperidine rings is 1. The molecule has 3 aromatic heterocycles. The average Bonchev–Trinajstić information content (AvgIpc) is 3.06. The third-order valence-corrected chi connectivity index (χ3v) is 5.28. The number of hydrogen-bond donors (Lipinski definition) is 2. The van der Waals surface area contributed by atoms with Gasteiger partial charge in [-0.2, -0.15) is 0 Å². The van der Waals surface area contributed by atoms with E-state index in [0.29, 0.717) is 34.3 Å². The van der Waals surface area contributed by atoms with E-state index in [2.05, 4.69) is 9.88 Å². The Balaban J connectivity index is 1.52. The van der Waals surface area contributed by atoms with Gasteiger partial charge in [-0.15, -0.1) is 0 Å². The van der Waals surface area contributed by atoms with E-state index >= 15 is 0 Å². The Kier molecular flexibility index (Phi) is 3.91. The highest BCUT2D eigenvalue weighted by Crippen LogP contribution is 2.33. The van der Waals surface area contributed by atoms with Crippen molar-refractivity contribution in [3.8, 4) is 17.0 Å². The fraction of sp³-hybridized carbons (Fsp3) is 0.286. The van der Waals surface area contributed by atoms with Crippen molar-refractivity contribution < 1.29 is 9.52 Å². The van der Waals surface area contributed by atoms with E-state index in [1.807, 2.05) is 24.3 Å². The van der Waals surface area contributed by atoms with Crippen LogP contribution < -0.4 is 10.6 Å². The van der Waals surface area contributed by atoms with E-state index in [9.17, 15) is 5.11 Å². The van der Waals surface area contributed by atoms with Crippen LogP contribution >= 0.6 is 0 Å². The molecule has 7 nitrogen and oxygen atoms in total. The van der Waals surface area contributed by atoms with Crippen LogP contribution in [-0.4, -0.2) is 39.2 Å². The molecule has 1 aromatic carbocycles. The summed E-state index contributed by atoms with van der Waals surface area (Å²) in [5, 5.41) is 10.4. The molecule has 3 N–H and O–H groups in total. The molecule has 1 fully saturated rings. The van der Waals surface area contributed by atoms with Crippen molar-refractivity contribution in [1.82, 2.24) is 15.0 Å². The zero-order valence-corrected chi connectivity index (χ0v) is 15.6. The fourth-order valence-electron chi connectivity index (χ4n) is 3.74. The van der Waals surface area contributed by atoms with E-state index in [1.165, 1.54) is 0 Å². The molecule has 0 amide bonds. The molecule has 4 aromatic rings. The summed E-state index contributed by atoms with van der Waals surface area (Å²) >= 11 is 0. The Labute approximate surface area is 161 Å². The van der Waals surface area contributed by atoms with Crippen LogP contribution in [-0.2, 0) is 0 Å². The molecule has 0 saturated carbocycles. The number of aryl methyl sites for hydroxylation is 1. The van der Waals surface area contributed by atoms with Crippen LogP contribution in [0.25, 0.3) is 33.4 Å². The number of anilines is 1. The van der Waals surface area contributed by atoms with Gasteiger partial charge in [-0.3, -0.25) is 0 Å². The minimum Gasteiger partial charge on any atom is -0.507 e. The topological polar surface area (TPSA) is 101 Å². The molecule has 0 spiro atoms. The predicted octanol–water partition coefficient (Wildman–Crippen LogP) is 3.38. The SMILES string of the molecule is Cc1nc2cc(O)c(-c3ccc4nc(N5CCC(N)CC5)ccc4n3)cc2o1. The average molecular weight is 375 g/mol. The molecule has 28 heavy (non-hydrogen) atoms. The lowest BCUT2D eigenvalue weighted by molar-refractivity contribution is 0.477. The molecule has 0 bridgehead atoms. The second-order valence-corrected chi connectivity index (χ2v) is 7.30. The maximum atomic E-state index is 10.4. The van der Waals surface area contributed by atoms with E-state index in [-0.39, 0.29) is 5.75 Å². The smallest absolute Gasteiger partial charge is 0.192 e. The van der Waals surface area contributed by atoms with Crippen LogP contribution in [0.2, 0.25) is 0 Å². The first kappa shape index (κ1) is 16.9. The van der Waals surface area contributed by atoms with Gasteiger partial charge in [-0.05, 0) is 43.2 Å². The van der Waals surface area contributed by atoms with Crippen LogP contribution in [0.1, 0.15) is 18.7 Å². The maximum Gasteiger partial charge on any atom is 0.192 e. The van der Waals surface area contributed by atoms with Gasteiger partial charge in [-0.25, -0.2) is 15.0 Å². The number of fused-ring (bicyclic) bond motifs is 2. The molecule has 4 heterocycles. The molecule has 1 aliphatic rings. The summed E-state index contributed by atoms with van der Waals surface area (Å²) in [6, 6.07) is 11.5. The summed E-state index contributed by atoms with van der Waals surface area (Å²) in [6.07, 6.45) is 1.97. The summed E-state index contributed by atoms with van der Waals surface area (Å²) in [5.41, 5.74) is 10.1. The van der Waals surface area contributed by atoms with Gasteiger partial charge in [0.1, 0.15) is 17.1 Å². The van der Waals surface area contributed by atoms with Gasteiger partial charge in [0.25, 0.3) is 0 Å². The molecule has 1 aliphatic heterocycles. The Bertz CT molecular complexity index is 1180. The standard InChI is InChI=1S/C21H21N5O2/c1-12-23-18-11-19(27)14(10-20(18)28-12)15-2-3-17-16(24-15)4-5-21(25-17)26-8-6-13(22)7-9-26/h2-5,10-11,13,27H,6-9,22H2,1H3. The number of oxazole rings is 1. The van der Waals surface area contributed by atoms with Crippen molar-refractivity contribution in [3.63, 3.8) is 0 Å². The number of aromatic nitrogens is 3. The molecule has 1 saturated heterocycles. The summed E-state index contributed by atoms with van der Waals surface area (Å²) in [6.45, 7) is 3.63. The highest BCUT2D eigenvalue weighted by atomic mass is 16.3. The van der Waals surface area contributed by atoms with Crippen LogP contribution in [0.4, 0.5) is 5.82 Å².